The highest BCUT2D eigenvalue weighted by molar-refractivity contribution is 7.80. The van der Waals surface area contributed by atoms with Crippen molar-refractivity contribution in [2.45, 2.75) is 32.9 Å². The molecule has 1 heterocycles. The fourth-order valence-corrected chi connectivity index (χ4v) is 3.70. The number of hydrogen-bond donors (Lipinski definition) is 1. The molecule has 0 aromatic heterocycles. The van der Waals surface area contributed by atoms with E-state index < -0.39 is 6.04 Å². The van der Waals surface area contributed by atoms with Gasteiger partial charge in [-0.3, -0.25) is 0 Å². The molecular weight excluding hydrogens is 376 g/mol. The standard InChI is InChI=1S/C21H28N2O4S/c1-6-11-27-17-10-8-9-16(12-17)19-18(20(24)26-7-2)15(4)23(21(28)22-19)14(3)13-25-5/h6,8-10,12,14,19H,1,7,11,13H2,2-5H3,(H,22,28)/t14-,19-/m1/s1. The van der Waals surface area contributed by atoms with Crippen molar-refractivity contribution < 1.29 is 19.0 Å². The molecule has 1 aromatic carbocycles. The first-order chi connectivity index (χ1) is 13.4. The van der Waals surface area contributed by atoms with Crippen LogP contribution in [0.15, 0.2) is 48.2 Å². The fraction of sp³-hybridized carbons (Fsp3) is 0.429. The molecule has 1 aliphatic heterocycles. The Morgan fingerprint density at radius 1 is 1.46 bits per heavy atom. The summed E-state index contributed by atoms with van der Waals surface area (Å²) in [7, 11) is 1.64. The van der Waals surface area contributed by atoms with Crippen LogP contribution in [0, 0.1) is 0 Å². The summed E-state index contributed by atoms with van der Waals surface area (Å²) < 4.78 is 16.2. The van der Waals surface area contributed by atoms with Gasteiger partial charge in [-0.25, -0.2) is 4.79 Å². The van der Waals surface area contributed by atoms with E-state index in [2.05, 4.69) is 11.9 Å². The van der Waals surface area contributed by atoms with Gasteiger partial charge in [-0.1, -0.05) is 24.8 Å². The van der Waals surface area contributed by atoms with Crippen molar-refractivity contribution in [2.24, 2.45) is 0 Å². The zero-order chi connectivity index (χ0) is 20.7. The first-order valence-electron chi connectivity index (χ1n) is 9.24. The van der Waals surface area contributed by atoms with Gasteiger partial charge in [0, 0.05) is 12.8 Å². The Bertz CT molecular complexity index is 763. The van der Waals surface area contributed by atoms with Crippen molar-refractivity contribution in [3.8, 4) is 5.75 Å². The van der Waals surface area contributed by atoms with Gasteiger partial charge in [0.2, 0.25) is 0 Å². The Labute approximate surface area is 172 Å². The van der Waals surface area contributed by atoms with Crippen molar-refractivity contribution in [3.05, 3.63) is 53.8 Å². The second kappa shape index (κ2) is 10.2. The molecule has 2 atom stereocenters. The van der Waals surface area contributed by atoms with Crippen molar-refractivity contribution in [2.75, 3.05) is 26.9 Å². The molecule has 1 aliphatic rings. The van der Waals surface area contributed by atoms with Crippen LogP contribution in [0.25, 0.3) is 0 Å². The maximum Gasteiger partial charge on any atom is 0.338 e. The molecule has 0 saturated heterocycles. The smallest absolute Gasteiger partial charge is 0.338 e. The van der Waals surface area contributed by atoms with Crippen molar-refractivity contribution in [1.82, 2.24) is 10.2 Å². The minimum absolute atomic E-state index is 0.0300. The zero-order valence-electron chi connectivity index (χ0n) is 16.9. The third-order valence-corrected chi connectivity index (χ3v) is 4.74. The Balaban J connectivity index is 2.49. The lowest BCUT2D eigenvalue weighted by atomic mass is 9.94. The SMILES string of the molecule is C=CCOc1cccc([C@H]2NC(=S)N([C@H](C)COC)C(C)=C2C(=O)OCC)c1. The van der Waals surface area contributed by atoms with Gasteiger partial charge in [0.05, 0.1) is 30.9 Å². The van der Waals surface area contributed by atoms with Crippen LogP contribution in [0.3, 0.4) is 0 Å². The summed E-state index contributed by atoms with van der Waals surface area (Å²) in [5.41, 5.74) is 2.15. The van der Waals surface area contributed by atoms with Gasteiger partial charge < -0.3 is 24.4 Å². The van der Waals surface area contributed by atoms with Crippen molar-refractivity contribution in [1.29, 1.82) is 0 Å². The first kappa shape index (κ1) is 21.9. The Kier molecular flexibility index (Phi) is 8.02. The monoisotopic (exact) mass is 404 g/mol. The number of benzene rings is 1. The van der Waals surface area contributed by atoms with E-state index in [1.807, 2.05) is 43.0 Å². The number of nitrogens with zero attached hydrogens (tertiary/aromatic N) is 1. The van der Waals surface area contributed by atoms with E-state index in [-0.39, 0.29) is 12.0 Å². The number of thiocarbonyl (C=S) groups is 1. The van der Waals surface area contributed by atoms with Crippen LogP contribution < -0.4 is 10.1 Å². The van der Waals surface area contributed by atoms with Gasteiger partial charge in [-0.2, -0.15) is 0 Å². The Morgan fingerprint density at radius 3 is 2.86 bits per heavy atom. The van der Waals surface area contributed by atoms with Gasteiger partial charge in [0.15, 0.2) is 5.11 Å². The molecule has 0 aliphatic carbocycles. The zero-order valence-corrected chi connectivity index (χ0v) is 17.7. The lowest BCUT2D eigenvalue weighted by Gasteiger charge is -2.40. The topological polar surface area (TPSA) is 60.0 Å². The molecule has 0 unspecified atom stereocenters. The number of hydrogen-bond acceptors (Lipinski definition) is 5. The predicted molar refractivity (Wildman–Crippen MR) is 113 cm³/mol. The van der Waals surface area contributed by atoms with E-state index in [1.165, 1.54) is 0 Å². The Hall–Kier alpha value is -2.38. The highest BCUT2D eigenvalue weighted by Crippen LogP contribution is 2.33. The molecule has 2 rings (SSSR count). The molecule has 6 nitrogen and oxygen atoms in total. The van der Waals surface area contributed by atoms with E-state index in [0.29, 0.717) is 36.3 Å². The molecule has 1 aromatic rings. The minimum Gasteiger partial charge on any atom is -0.490 e. The quantitative estimate of drug-likeness (QED) is 0.385. The van der Waals surface area contributed by atoms with Gasteiger partial charge in [-0.15, -0.1) is 0 Å². The molecule has 152 valence electrons. The van der Waals surface area contributed by atoms with E-state index in [0.717, 1.165) is 11.3 Å². The summed E-state index contributed by atoms with van der Waals surface area (Å²) in [5, 5.41) is 3.83. The van der Waals surface area contributed by atoms with Crippen LogP contribution in [-0.4, -0.2) is 49.0 Å². The number of ether oxygens (including phenoxy) is 3. The van der Waals surface area contributed by atoms with Crippen LogP contribution in [0.1, 0.15) is 32.4 Å². The van der Waals surface area contributed by atoms with Crippen LogP contribution in [0.4, 0.5) is 0 Å². The molecule has 0 amide bonds. The second-order valence-corrected chi connectivity index (χ2v) is 6.84. The highest BCUT2D eigenvalue weighted by Gasteiger charge is 2.36. The number of rotatable bonds is 9. The first-order valence-corrected chi connectivity index (χ1v) is 9.65. The largest absolute Gasteiger partial charge is 0.490 e. The fourth-order valence-electron chi connectivity index (χ4n) is 3.27. The summed E-state index contributed by atoms with van der Waals surface area (Å²) in [6.07, 6.45) is 1.68. The molecular formula is C21H28N2O4S. The van der Waals surface area contributed by atoms with Crippen LogP contribution >= 0.6 is 12.2 Å². The third-order valence-electron chi connectivity index (χ3n) is 4.43. The average Bonchev–Trinajstić information content (AvgIpc) is 2.66. The van der Waals surface area contributed by atoms with Crippen LogP contribution in [0.5, 0.6) is 5.75 Å². The molecule has 0 saturated carbocycles. The average molecular weight is 405 g/mol. The normalized spacial score (nSPS) is 17.8. The summed E-state index contributed by atoms with van der Waals surface area (Å²) in [6.45, 7) is 10.5. The molecule has 7 heteroatoms. The van der Waals surface area contributed by atoms with Gasteiger partial charge in [0.1, 0.15) is 12.4 Å². The molecule has 0 radical (unpaired) electrons. The van der Waals surface area contributed by atoms with Gasteiger partial charge in [0.25, 0.3) is 0 Å². The lowest BCUT2D eigenvalue weighted by molar-refractivity contribution is -0.139. The van der Waals surface area contributed by atoms with E-state index in [4.69, 9.17) is 26.4 Å². The maximum atomic E-state index is 12.8. The summed E-state index contributed by atoms with van der Waals surface area (Å²) in [5.74, 6) is 0.327. The number of carbonyl (C=O) groups excluding carboxylic acids is 1. The van der Waals surface area contributed by atoms with Crippen LogP contribution in [-0.2, 0) is 14.3 Å². The van der Waals surface area contributed by atoms with E-state index in [1.54, 1.807) is 20.1 Å². The molecule has 0 spiro atoms. The van der Waals surface area contributed by atoms with Gasteiger partial charge >= 0.3 is 5.97 Å². The summed E-state index contributed by atoms with van der Waals surface area (Å²) in [6, 6.07) is 7.12. The molecule has 1 N–H and O–H groups in total. The molecule has 28 heavy (non-hydrogen) atoms. The van der Waals surface area contributed by atoms with Crippen molar-refractivity contribution >= 4 is 23.3 Å². The van der Waals surface area contributed by atoms with Crippen molar-refractivity contribution in [3.63, 3.8) is 0 Å². The molecule has 0 fully saturated rings. The van der Waals surface area contributed by atoms with Crippen LogP contribution in [0.2, 0.25) is 0 Å². The maximum absolute atomic E-state index is 12.8. The van der Waals surface area contributed by atoms with E-state index in [9.17, 15) is 4.79 Å². The number of nitrogens with one attached hydrogen (secondary N) is 1. The number of carbonyl (C=O) groups is 1. The number of methoxy groups -OCH3 is 1. The number of esters is 1. The summed E-state index contributed by atoms with van der Waals surface area (Å²) in [4.78, 5) is 14.7. The Morgan fingerprint density at radius 2 is 2.21 bits per heavy atom. The molecule has 0 bridgehead atoms. The number of allylic oxidation sites excluding steroid dienone is 1. The third kappa shape index (κ3) is 4.91. The second-order valence-electron chi connectivity index (χ2n) is 6.45. The minimum atomic E-state index is -0.426. The predicted octanol–water partition coefficient (Wildman–Crippen LogP) is 3.35. The summed E-state index contributed by atoms with van der Waals surface area (Å²) >= 11 is 5.61. The van der Waals surface area contributed by atoms with Gasteiger partial charge in [-0.05, 0) is 50.7 Å². The highest BCUT2D eigenvalue weighted by atomic mass is 32.1. The lowest BCUT2D eigenvalue weighted by Crippen LogP contribution is -2.52. The van der Waals surface area contributed by atoms with E-state index >= 15 is 0 Å².